The van der Waals surface area contributed by atoms with Crippen molar-refractivity contribution in [1.29, 1.82) is 0 Å². The normalized spacial score (nSPS) is 16.1. The lowest BCUT2D eigenvalue weighted by atomic mass is 10.1. The molecule has 4 nitrogen and oxygen atoms in total. The Bertz CT molecular complexity index is 813. The molecular weight excluding hydrogens is 332 g/mol. The third kappa shape index (κ3) is 3.09. The van der Waals surface area contributed by atoms with Gasteiger partial charge in [-0.3, -0.25) is 9.59 Å². The lowest BCUT2D eigenvalue weighted by molar-refractivity contribution is 0.0791. The van der Waals surface area contributed by atoms with Gasteiger partial charge in [0.05, 0.1) is 4.88 Å². The number of nitrogens with one attached hydrogen (secondary N) is 1. The average Bonchev–Trinajstić information content (AvgIpc) is 3.33. The predicted molar refractivity (Wildman–Crippen MR) is 101 cm³/mol. The number of likely N-dealkylation sites (tertiary alicyclic amines) is 1. The van der Waals surface area contributed by atoms with Crippen LogP contribution < -0.4 is 5.32 Å². The van der Waals surface area contributed by atoms with Crippen molar-refractivity contribution < 1.29 is 9.59 Å². The molecule has 1 aromatic heterocycles. The summed E-state index contributed by atoms with van der Waals surface area (Å²) in [5.41, 5.74) is 3.58. The van der Waals surface area contributed by atoms with Crippen LogP contribution >= 0.6 is 11.3 Å². The average molecular weight is 354 g/mol. The highest BCUT2D eigenvalue weighted by atomic mass is 32.1. The summed E-state index contributed by atoms with van der Waals surface area (Å²) in [5, 5.41) is 3.00. The van der Waals surface area contributed by atoms with E-state index in [4.69, 9.17) is 0 Å². The van der Waals surface area contributed by atoms with E-state index < -0.39 is 0 Å². The van der Waals surface area contributed by atoms with E-state index in [1.807, 2.05) is 36.1 Å². The number of rotatable bonds is 3. The van der Waals surface area contributed by atoms with Crippen molar-refractivity contribution in [2.45, 2.75) is 39.0 Å². The van der Waals surface area contributed by atoms with Crippen LogP contribution in [0.5, 0.6) is 0 Å². The summed E-state index contributed by atoms with van der Waals surface area (Å²) in [5.74, 6) is -0.00512. The molecule has 25 heavy (non-hydrogen) atoms. The van der Waals surface area contributed by atoms with Gasteiger partial charge in [-0.25, -0.2) is 0 Å². The van der Waals surface area contributed by atoms with Crippen molar-refractivity contribution >= 4 is 28.8 Å². The highest BCUT2D eigenvalue weighted by Crippen LogP contribution is 2.31. The van der Waals surface area contributed by atoms with Crippen LogP contribution in [0.3, 0.4) is 0 Å². The number of carbonyl (C=O) groups excluding carboxylic acids is 2. The van der Waals surface area contributed by atoms with Crippen LogP contribution in [0.25, 0.3) is 0 Å². The topological polar surface area (TPSA) is 49.4 Å². The largest absolute Gasteiger partial charge is 0.339 e. The molecule has 0 saturated carbocycles. The molecule has 0 bridgehead atoms. The summed E-state index contributed by atoms with van der Waals surface area (Å²) in [7, 11) is 0. The second-order valence-electron chi connectivity index (χ2n) is 6.84. The quantitative estimate of drug-likeness (QED) is 0.904. The number of benzene rings is 1. The van der Waals surface area contributed by atoms with Crippen LogP contribution in [0.4, 0.5) is 5.69 Å². The third-order valence-corrected chi connectivity index (χ3v) is 6.41. The molecule has 2 heterocycles. The number of hydrogen-bond donors (Lipinski definition) is 1. The summed E-state index contributed by atoms with van der Waals surface area (Å²) in [6.07, 6.45) is 5.52. The van der Waals surface area contributed by atoms with Gasteiger partial charge in [0.2, 0.25) is 0 Å². The molecule has 1 saturated heterocycles. The lowest BCUT2D eigenvalue weighted by Gasteiger charge is -2.18. The van der Waals surface area contributed by atoms with Crippen molar-refractivity contribution in [2.75, 3.05) is 18.4 Å². The van der Waals surface area contributed by atoms with Gasteiger partial charge in [0, 0.05) is 29.2 Å². The zero-order chi connectivity index (χ0) is 17.4. The van der Waals surface area contributed by atoms with Gasteiger partial charge in [0.25, 0.3) is 11.8 Å². The molecule has 0 atom stereocenters. The van der Waals surface area contributed by atoms with Crippen molar-refractivity contribution in [3.63, 3.8) is 0 Å². The molecule has 0 unspecified atom stereocenters. The first-order valence-electron chi connectivity index (χ1n) is 8.95. The van der Waals surface area contributed by atoms with E-state index in [1.165, 1.54) is 16.9 Å². The summed E-state index contributed by atoms with van der Waals surface area (Å²) in [6.45, 7) is 3.57. The molecule has 1 N–H and O–H groups in total. The van der Waals surface area contributed by atoms with Crippen LogP contribution in [0.15, 0.2) is 24.3 Å². The maximum Gasteiger partial charge on any atom is 0.265 e. The van der Waals surface area contributed by atoms with E-state index in [9.17, 15) is 9.59 Å². The summed E-state index contributed by atoms with van der Waals surface area (Å²) < 4.78 is 0. The number of nitrogens with zero attached hydrogens (tertiary/aromatic N) is 1. The minimum atomic E-state index is -0.0757. The number of hydrogen-bond acceptors (Lipinski definition) is 3. The first-order valence-corrected chi connectivity index (χ1v) is 9.77. The van der Waals surface area contributed by atoms with Crippen molar-refractivity contribution in [3.05, 3.63) is 50.7 Å². The first kappa shape index (κ1) is 16.3. The Balaban J connectivity index is 1.54. The zero-order valence-corrected chi connectivity index (χ0v) is 15.2. The van der Waals surface area contributed by atoms with E-state index in [0.717, 1.165) is 54.9 Å². The smallest absolute Gasteiger partial charge is 0.265 e. The Morgan fingerprint density at radius 1 is 1.12 bits per heavy atom. The molecule has 1 aliphatic carbocycles. The van der Waals surface area contributed by atoms with Gasteiger partial charge in [-0.05, 0) is 68.4 Å². The molecule has 130 valence electrons. The Morgan fingerprint density at radius 3 is 2.68 bits per heavy atom. The van der Waals surface area contributed by atoms with Crippen LogP contribution in [0, 0.1) is 6.92 Å². The summed E-state index contributed by atoms with van der Waals surface area (Å²) in [4.78, 5) is 29.3. The number of thiophene rings is 1. The van der Waals surface area contributed by atoms with E-state index in [0.29, 0.717) is 5.56 Å². The maximum atomic E-state index is 12.7. The minimum Gasteiger partial charge on any atom is -0.339 e. The molecule has 0 radical (unpaired) electrons. The number of anilines is 1. The molecule has 4 rings (SSSR count). The van der Waals surface area contributed by atoms with E-state index in [1.54, 1.807) is 11.3 Å². The maximum absolute atomic E-state index is 12.7. The fraction of sp³-hybridized carbons (Fsp3) is 0.400. The highest BCUT2D eigenvalue weighted by Gasteiger charge is 2.23. The Hall–Kier alpha value is -2.14. The van der Waals surface area contributed by atoms with Gasteiger partial charge in [-0.2, -0.15) is 0 Å². The molecule has 1 aliphatic heterocycles. The van der Waals surface area contributed by atoms with Gasteiger partial charge in [0.15, 0.2) is 0 Å². The minimum absolute atomic E-state index is 0.0706. The monoisotopic (exact) mass is 354 g/mol. The Morgan fingerprint density at radius 2 is 1.92 bits per heavy atom. The van der Waals surface area contributed by atoms with Crippen LogP contribution in [0.2, 0.25) is 0 Å². The van der Waals surface area contributed by atoms with Crippen LogP contribution in [-0.4, -0.2) is 29.8 Å². The molecular formula is C20H22N2O2S. The third-order valence-electron chi connectivity index (χ3n) is 5.18. The lowest BCUT2D eigenvalue weighted by Crippen LogP contribution is -2.28. The van der Waals surface area contributed by atoms with E-state index >= 15 is 0 Å². The van der Waals surface area contributed by atoms with Gasteiger partial charge < -0.3 is 10.2 Å². The fourth-order valence-corrected chi connectivity index (χ4v) is 4.87. The van der Waals surface area contributed by atoms with Crippen LogP contribution in [-0.2, 0) is 12.8 Å². The number of fused-ring (bicyclic) bond motifs is 1. The summed E-state index contributed by atoms with van der Waals surface area (Å²) in [6, 6.07) is 7.60. The molecule has 2 aliphatic rings. The molecule has 0 spiro atoms. The molecule has 1 aromatic carbocycles. The predicted octanol–water partition coefficient (Wildman–Crippen LogP) is 4.03. The second-order valence-corrected chi connectivity index (χ2v) is 7.98. The zero-order valence-electron chi connectivity index (χ0n) is 14.4. The number of amides is 2. The second kappa shape index (κ2) is 6.64. The molecule has 2 amide bonds. The van der Waals surface area contributed by atoms with Gasteiger partial charge in [-0.1, -0.05) is 6.07 Å². The molecule has 2 aromatic rings. The van der Waals surface area contributed by atoms with Crippen molar-refractivity contribution in [3.8, 4) is 0 Å². The summed E-state index contributed by atoms with van der Waals surface area (Å²) >= 11 is 1.60. The standard InChI is InChI=1S/C20H22N2O2S/c1-13-15(20(24)22-10-2-3-11-22)7-5-8-16(13)21-19(23)18-12-14-6-4-9-17(14)25-18/h5,7-8,12H,2-4,6,9-11H2,1H3,(H,21,23). The Kier molecular flexibility index (Phi) is 4.34. The number of aryl methyl sites for hydroxylation is 2. The first-order chi connectivity index (χ1) is 12.1. The molecule has 1 fully saturated rings. The molecule has 5 heteroatoms. The highest BCUT2D eigenvalue weighted by molar-refractivity contribution is 7.14. The fourth-order valence-electron chi connectivity index (χ4n) is 3.72. The Labute approximate surface area is 151 Å². The SMILES string of the molecule is Cc1c(NC(=O)c2cc3c(s2)CCC3)cccc1C(=O)N1CCCC1. The van der Waals surface area contributed by atoms with E-state index in [-0.39, 0.29) is 11.8 Å². The van der Waals surface area contributed by atoms with Crippen molar-refractivity contribution in [2.24, 2.45) is 0 Å². The van der Waals surface area contributed by atoms with Crippen LogP contribution in [0.1, 0.15) is 55.3 Å². The van der Waals surface area contributed by atoms with E-state index in [2.05, 4.69) is 5.32 Å². The van der Waals surface area contributed by atoms with Crippen molar-refractivity contribution in [1.82, 2.24) is 4.90 Å². The van der Waals surface area contributed by atoms with Gasteiger partial charge in [0.1, 0.15) is 0 Å². The van der Waals surface area contributed by atoms with Gasteiger partial charge in [-0.15, -0.1) is 11.3 Å². The number of carbonyl (C=O) groups is 2. The van der Waals surface area contributed by atoms with Gasteiger partial charge >= 0.3 is 0 Å².